The highest BCUT2D eigenvalue weighted by molar-refractivity contribution is 5.76. The van der Waals surface area contributed by atoms with Crippen molar-refractivity contribution in [1.29, 1.82) is 0 Å². The molecule has 0 saturated heterocycles. The normalized spacial score (nSPS) is 26.9. The van der Waals surface area contributed by atoms with E-state index in [-0.39, 0.29) is 5.91 Å². The molecule has 0 radical (unpaired) electrons. The minimum absolute atomic E-state index is 0.144. The van der Waals surface area contributed by atoms with E-state index in [1.54, 1.807) is 6.08 Å². The molecule has 80 valence electrons. The van der Waals surface area contributed by atoms with Gasteiger partial charge < -0.3 is 11.1 Å². The SMILES string of the molecule is C=CCNC(=O)CC1CCC(N)CC1. The van der Waals surface area contributed by atoms with Crippen LogP contribution in [0.3, 0.4) is 0 Å². The molecule has 3 N–H and O–H groups in total. The first-order valence-corrected chi connectivity index (χ1v) is 5.35. The molecule has 1 aliphatic rings. The highest BCUT2D eigenvalue weighted by Gasteiger charge is 2.20. The second-order valence-corrected chi connectivity index (χ2v) is 4.08. The molecule has 0 spiro atoms. The predicted molar refractivity (Wildman–Crippen MR) is 57.8 cm³/mol. The lowest BCUT2D eigenvalue weighted by molar-refractivity contribution is -0.122. The number of amides is 1. The van der Waals surface area contributed by atoms with Gasteiger partial charge in [0.05, 0.1) is 0 Å². The van der Waals surface area contributed by atoms with Crippen LogP contribution in [0.25, 0.3) is 0 Å². The van der Waals surface area contributed by atoms with Crippen molar-refractivity contribution in [1.82, 2.24) is 5.32 Å². The van der Waals surface area contributed by atoms with Crippen molar-refractivity contribution in [2.75, 3.05) is 6.54 Å². The van der Waals surface area contributed by atoms with E-state index >= 15 is 0 Å². The first-order valence-electron chi connectivity index (χ1n) is 5.35. The molecule has 0 aliphatic heterocycles. The summed E-state index contributed by atoms with van der Waals surface area (Å²) in [6.45, 7) is 4.13. The fourth-order valence-corrected chi connectivity index (χ4v) is 1.91. The van der Waals surface area contributed by atoms with Crippen LogP contribution in [0.2, 0.25) is 0 Å². The molecule has 1 amide bonds. The summed E-state index contributed by atoms with van der Waals surface area (Å²) in [4.78, 5) is 11.4. The van der Waals surface area contributed by atoms with Crippen LogP contribution >= 0.6 is 0 Å². The molecule has 0 heterocycles. The second-order valence-electron chi connectivity index (χ2n) is 4.08. The van der Waals surface area contributed by atoms with E-state index in [4.69, 9.17) is 5.73 Å². The molecule has 0 aromatic heterocycles. The molecule has 0 atom stereocenters. The monoisotopic (exact) mass is 196 g/mol. The molecule has 1 fully saturated rings. The first kappa shape index (κ1) is 11.2. The standard InChI is InChI=1S/C11H20N2O/c1-2-7-13-11(14)8-9-3-5-10(12)6-4-9/h2,9-10H,1,3-8,12H2,(H,13,14). The molecular formula is C11H20N2O. The van der Waals surface area contributed by atoms with Crippen molar-refractivity contribution in [2.24, 2.45) is 11.7 Å². The van der Waals surface area contributed by atoms with E-state index in [0.717, 1.165) is 25.7 Å². The van der Waals surface area contributed by atoms with Gasteiger partial charge in [-0.05, 0) is 31.6 Å². The lowest BCUT2D eigenvalue weighted by atomic mass is 9.84. The summed E-state index contributed by atoms with van der Waals surface area (Å²) in [5, 5.41) is 2.80. The third-order valence-corrected chi connectivity index (χ3v) is 2.81. The Morgan fingerprint density at radius 3 is 2.64 bits per heavy atom. The minimum atomic E-state index is 0.144. The Morgan fingerprint density at radius 2 is 2.07 bits per heavy atom. The highest BCUT2D eigenvalue weighted by Crippen LogP contribution is 2.25. The average Bonchev–Trinajstić information content (AvgIpc) is 2.18. The Hall–Kier alpha value is -0.830. The maximum atomic E-state index is 11.4. The number of rotatable bonds is 4. The van der Waals surface area contributed by atoms with Crippen molar-refractivity contribution in [3.63, 3.8) is 0 Å². The molecule has 0 bridgehead atoms. The third kappa shape index (κ3) is 3.92. The van der Waals surface area contributed by atoms with Gasteiger partial charge in [0.25, 0.3) is 0 Å². The van der Waals surface area contributed by atoms with Gasteiger partial charge >= 0.3 is 0 Å². The molecule has 1 saturated carbocycles. The van der Waals surface area contributed by atoms with Gasteiger partial charge in [-0.1, -0.05) is 6.08 Å². The third-order valence-electron chi connectivity index (χ3n) is 2.81. The van der Waals surface area contributed by atoms with Crippen LogP contribution in [0.1, 0.15) is 32.1 Å². The maximum Gasteiger partial charge on any atom is 0.220 e. The van der Waals surface area contributed by atoms with Crippen LogP contribution in [-0.2, 0) is 4.79 Å². The summed E-state index contributed by atoms with van der Waals surface area (Å²) < 4.78 is 0. The fourth-order valence-electron chi connectivity index (χ4n) is 1.91. The molecular weight excluding hydrogens is 176 g/mol. The molecule has 3 heteroatoms. The Balaban J connectivity index is 2.17. The van der Waals surface area contributed by atoms with Crippen molar-refractivity contribution in [3.8, 4) is 0 Å². The van der Waals surface area contributed by atoms with E-state index in [2.05, 4.69) is 11.9 Å². The molecule has 0 aromatic carbocycles. The van der Waals surface area contributed by atoms with Crippen LogP contribution in [0.4, 0.5) is 0 Å². The van der Waals surface area contributed by atoms with Crippen LogP contribution in [0, 0.1) is 5.92 Å². The van der Waals surface area contributed by atoms with E-state index < -0.39 is 0 Å². The van der Waals surface area contributed by atoms with E-state index in [9.17, 15) is 4.79 Å². The van der Waals surface area contributed by atoms with Gasteiger partial charge in [-0.25, -0.2) is 0 Å². The summed E-state index contributed by atoms with van der Waals surface area (Å²) in [5.74, 6) is 0.685. The Bertz CT molecular complexity index is 195. The average molecular weight is 196 g/mol. The number of hydrogen-bond acceptors (Lipinski definition) is 2. The van der Waals surface area contributed by atoms with Crippen LogP contribution in [0.15, 0.2) is 12.7 Å². The number of hydrogen-bond donors (Lipinski definition) is 2. The van der Waals surface area contributed by atoms with Crippen LogP contribution in [-0.4, -0.2) is 18.5 Å². The van der Waals surface area contributed by atoms with Gasteiger partial charge in [0.1, 0.15) is 0 Å². The maximum absolute atomic E-state index is 11.4. The topological polar surface area (TPSA) is 55.1 Å². The summed E-state index contributed by atoms with van der Waals surface area (Å²) in [5.41, 5.74) is 5.79. The predicted octanol–water partition coefficient (Wildman–Crippen LogP) is 1.20. The second kappa shape index (κ2) is 5.81. The quantitative estimate of drug-likeness (QED) is 0.664. The van der Waals surface area contributed by atoms with Gasteiger partial charge in [-0.3, -0.25) is 4.79 Å². The molecule has 3 nitrogen and oxygen atoms in total. The number of carbonyl (C=O) groups excluding carboxylic acids is 1. The first-order chi connectivity index (χ1) is 6.72. The zero-order valence-corrected chi connectivity index (χ0v) is 8.67. The molecule has 0 unspecified atom stereocenters. The zero-order chi connectivity index (χ0) is 10.4. The molecule has 1 rings (SSSR count). The highest BCUT2D eigenvalue weighted by atomic mass is 16.1. The van der Waals surface area contributed by atoms with Gasteiger partial charge in [0.2, 0.25) is 5.91 Å². The van der Waals surface area contributed by atoms with E-state index in [0.29, 0.717) is 24.9 Å². The minimum Gasteiger partial charge on any atom is -0.353 e. The van der Waals surface area contributed by atoms with Crippen molar-refractivity contribution < 1.29 is 4.79 Å². The van der Waals surface area contributed by atoms with E-state index in [1.165, 1.54) is 0 Å². The Labute approximate surface area is 85.7 Å². The molecule has 14 heavy (non-hydrogen) atoms. The van der Waals surface area contributed by atoms with Gasteiger partial charge in [0.15, 0.2) is 0 Å². The summed E-state index contributed by atoms with van der Waals surface area (Å²) >= 11 is 0. The Kier molecular flexibility index (Phi) is 4.66. The largest absolute Gasteiger partial charge is 0.353 e. The van der Waals surface area contributed by atoms with Crippen LogP contribution < -0.4 is 11.1 Å². The zero-order valence-electron chi connectivity index (χ0n) is 8.67. The van der Waals surface area contributed by atoms with E-state index in [1.807, 2.05) is 0 Å². The van der Waals surface area contributed by atoms with Gasteiger partial charge in [-0.15, -0.1) is 6.58 Å². The number of carbonyl (C=O) groups is 1. The lowest BCUT2D eigenvalue weighted by Crippen LogP contribution is -2.30. The Morgan fingerprint density at radius 1 is 1.43 bits per heavy atom. The summed E-state index contributed by atoms with van der Waals surface area (Å²) in [6.07, 6.45) is 6.69. The molecule has 0 aromatic rings. The van der Waals surface area contributed by atoms with Gasteiger partial charge in [-0.2, -0.15) is 0 Å². The fraction of sp³-hybridized carbons (Fsp3) is 0.727. The summed E-state index contributed by atoms with van der Waals surface area (Å²) in [6, 6.07) is 0.363. The van der Waals surface area contributed by atoms with Crippen molar-refractivity contribution in [2.45, 2.75) is 38.1 Å². The number of nitrogens with one attached hydrogen (secondary N) is 1. The lowest BCUT2D eigenvalue weighted by Gasteiger charge is -2.25. The summed E-state index contributed by atoms with van der Waals surface area (Å²) in [7, 11) is 0. The smallest absolute Gasteiger partial charge is 0.220 e. The van der Waals surface area contributed by atoms with Crippen LogP contribution in [0.5, 0.6) is 0 Å². The van der Waals surface area contributed by atoms with Gasteiger partial charge in [0, 0.05) is 19.0 Å². The molecule has 1 aliphatic carbocycles. The van der Waals surface area contributed by atoms with Crippen molar-refractivity contribution >= 4 is 5.91 Å². The number of nitrogens with two attached hydrogens (primary N) is 1. The van der Waals surface area contributed by atoms with Crippen molar-refractivity contribution in [3.05, 3.63) is 12.7 Å².